The second kappa shape index (κ2) is 8.30. The Hall–Kier alpha value is -2.08. The Bertz CT molecular complexity index is 860. The Labute approximate surface area is 171 Å². The van der Waals surface area contributed by atoms with E-state index in [1.165, 1.54) is 18.5 Å². The second-order valence-corrected chi connectivity index (χ2v) is 9.56. The van der Waals surface area contributed by atoms with Crippen LogP contribution in [0.3, 0.4) is 0 Å². The Morgan fingerprint density at radius 1 is 1.07 bits per heavy atom. The van der Waals surface area contributed by atoms with Crippen molar-refractivity contribution < 1.29 is 0 Å². The van der Waals surface area contributed by atoms with E-state index >= 15 is 0 Å². The van der Waals surface area contributed by atoms with Crippen LogP contribution >= 0.6 is 24.0 Å². The van der Waals surface area contributed by atoms with Crippen molar-refractivity contribution in [2.45, 2.75) is 44.4 Å². The Balaban J connectivity index is 2.13. The van der Waals surface area contributed by atoms with Gasteiger partial charge in [-0.1, -0.05) is 56.0 Å². The number of likely N-dealkylation sites (tertiary alicyclic amines) is 1. The van der Waals surface area contributed by atoms with Crippen molar-refractivity contribution in [3.8, 4) is 12.1 Å². The lowest BCUT2D eigenvalue weighted by Crippen LogP contribution is -2.31. The lowest BCUT2D eigenvalue weighted by molar-refractivity contribution is 0.288. The average molecular weight is 394 g/mol. The van der Waals surface area contributed by atoms with Crippen LogP contribution in [-0.2, 0) is 0 Å². The first-order chi connectivity index (χ1) is 12.9. The summed E-state index contributed by atoms with van der Waals surface area (Å²) < 4.78 is 0.761. The van der Waals surface area contributed by atoms with Gasteiger partial charge in [-0.2, -0.15) is 10.5 Å². The summed E-state index contributed by atoms with van der Waals surface area (Å²) in [7, 11) is 0. The number of thiocarbonyl (C=S) groups is 1. The van der Waals surface area contributed by atoms with Crippen molar-refractivity contribution in [1.29, 1.82) is 10.5 Å². The first kappa shape index (κ1) is 19.7. The van der Waals surface area contributed by atoms with Crippen LogP contribution in [0.15, 0.2) is 57.6 Å². The number of nitriles is 2. The molecule has 1 saturated heterocycles. The molecule has 138 valence electrons. The van der Waals surface area contributed by atoms with Crippen molar-refractivity contribution >= 4 is 28.2 Å². The number of hydrogen-bond donors (Lipinski definition) is 0. The van der Waals surface area contributed by atoms with E-state index in [9.17, 15) is 10.5 Å². The number of thioether (sulfide) groups is 1. The molecule has 0 bridgehead atoms. The Morgan fingerprint density at radius 3 is 2.30 bits per heavy atom. The van der Waals surface area contributed by atoms with Crippen LogP contribution in [-0.4, -0.2) is 22.2 Å². The van der Waals surface area contributed by atoms with Gasteiger partial charge >= 0.3 is 0 Å². The van der Waals surface area contributed by atoms with Crippen molar-refractivity contribution in [1.82, 2.24) is 4.90 Å². The molecule has 1 aromatic rings. The number of hydrogen-bond acceptors (Lipinski definition) is 5. The van der Waals surface area contributed by atoms with Crippen LogP contribution in [0, 0.1) is 28.1 Å². The van der Waals surface area contributed by atoms with Gasteiger partial charge in [-0.15, -0.1) is 0 Å². The molecular weight excluding hydrogens is 370 g/mol. The van der Waals surface area contributed by atoms with Crippen molar-refractivity contribution in [3.63, 3.8) is 0 Å². The summed E-state index contributed by atoms with van der Waals surface area (Å²) in [4.78, 5) is 3.50. The summed E-state index contributed by atoms with van der Waals surface area (Å²) in [5.74, 6) is 0. The molecule has 0 spiro atoms. The van der Waals surface area contributed by atoms with Crippen molar-refractivity contribution in [3.05, 3.63) is 52.7 Å². The lowest BCUT2D eigenvalue weighted by atomic mass is 9.72. The van der Waals surface area contributed by atoms with Crippen LogP contribution in [0.25, 0.3) is 0 Å². The van der Waals surface area contributed by atoms with Crippen LogP contribution in [0.1, 0.15) is 39.5 Å². The smallest absolute Gasteiger partial charge is 0.133 e. The van der Waals surface area contributed by atoms with Gasteiger partial charge in [0.1, 0.15) is 17.7 Å². The maximum Gasteiger partial charge on any atom is 0.133 e. The van der Waals surface area contributed by atoms with Crippen molar-refractivity contribution in [2.24, 2.45) is 5.41 Å². The SMILES string of the molecule is CC1(C)CC(=C(C#N)C#N)C(C(=S)Sc2ccccc2)=C(N2CCCC2)C1. The lowest BCUT2D eigenvalue weighted by Gasteiger charge is -2.39. The Morgan fingerprint density at radius 2 is 1.70 bits per heavy atom. The molecule has 0 aromatic heterocycles. The normalized spacial score (nSPS) is 18.8. The molecule has 0 saturated carbocycles. The minimum Gasteiger partial charge on any atom is -0.374 e. The van der Waals surface area contributed by atoms with Crippen LogP contribution < -0.4 is 0 Å². The van der Waals surface area contributed by atoms with Gasteiger partial charge in [0.05, 0.1) is 4.20 Å². The fourth-order valence-corrected chi connectivity index (χ4v) is 5.24. The molecular formula is C22H23N3S2. The monoisotopic (exact) mass is 393 g/mol. The first-order valence-electron chi connectivity index (χ1n) is 9.24. The van der Waals surface area contributed by atoms with E-state index in [0.29, 0.717) is 6.42 Å². The van der Waals surface area contributed by atoms with Crippen molar-refractivity contribution in [2.75, 3.05) is 13.1 Å². The zero-order valence-corrected chi connectivity index (χ0v) is 17.4. The van der Waals surface area contributed by atoms with E-state index in [2.05, 4.69) is 30.9 Å². The highest BCUT2D eigenvalue weighted by atomic mass is 32.2. The third-order valence-electron chi connectivity index (χ3n) is 5.06. The standard InChI is InChI=1S/C22H23N3S2/c1-22(2)12-18(16(14-23)15-24)20(19(13-22)25-10-6-7-11-25)21(26)27-17-8-4-3-5-9-17/h3-5,8-9H,6-7,10-13H2,1-2H3. The molecule has 0 N–H and O–H groups in total. The summed E-state index contributed by atoms with van der Waals surface area (Å²) in [5.41, 5.74) is 3.20. The summed E-state index contributed by atoms with van der Waals surface area (Å²) >= 11 is 7.41. The van der Waals surface area contributed by atoms with Gasteiger partial charge in [-0.25, -0.2) is 0 Å². The molecule has 2 aliphatic rings. The fourth-order valence-electron chi connectivity index (χ4n) is 3.86. The zero-order valence-electron chi connectivity index (χ0n) is 15.8. The molecule has 1 aliphatic heterocycles. The second-order valence-electron chi connectivity index (χ2n) is 7.81. The number of nitrogens with zero attached hydrogens (tertiary/aromatic N) is 3. The Kier molecular flexibility index (Phi) is 6.05. The topological polar surface area (TPSA) is 50.8 Å². The largest absolute Gasteiger partial charge is 0.374 e. The van der Waals surface area contributed by atoms with Gasteiger partial charge in [0, 0.05) is 29.3 Å². The molecule has 0 amide bonds. The highest BCUT2D eigenvalue weighted by molar-refractivity contribution is 8.23. The molecule has 1 aromatic carbocycles. The predicted octanol–water partition coefficient (Wildman–Crippen LogP) is 5.62. The molecule has 1 heterocycles. The number of benzene rings is 1. The molecule has 0 unspecified atom stereocenters. The van der Waals surface area contributed by atoms with Gasteiger partial charge in [0.2, 0.25) is 0 Å². The third-order valence-corrected chi connectivity index (χ3v) is 6.41. The molecule has 3 rings (SSSR count). The molecule has 1 aliphatic carbocycles. The van der Waals surface area contributed by atoms with Crippen LogP contribution in [0.2, 0.25) is 0 Å². The number of rotatable bonds is 3. The highest BCUT2D eigenvalue weighted by Gasteiger charge is 2.36. The van der Waals surface area contributed by atoms with E-state index < -0.39 is 0 Å². The molecule has 3 nitrogen and oxygen atoms in total. The molecule has 5 heteroatoms. The maximum absolute atomic E-state index is 9.57. The average Bonchev–Trinajstić information content (AvgIpc) is 3.17. The highest BCUT2D eigenvalue weighted by Crippen LogP contribution is 2.47. The van der Waals surface area contributed by atoms with E-state index in [1.54, 1.807) is 11.8 Å². The third kappa shape index (κ3) is 4.43. The summed E-state index contributed by atoms with van der Waals surface area (Å²) in [6, 6.07) is 14.3. The zero-order chi connectivity index (χ0) is 19.4. The van der Waals surface area contributed by atoms with Gasteiger partial charge in [0.15, 0.2) is 0 Å². The maximum atomic E-state index is 9.57. The number of allylic oxidation sites excluding steroid dienone is 3. The predicted molar refractivity (Wildman–Crippen MR) is 114 cm³/mol. The quantitative estimate of drug-likeness (QED) is 0.379. The first-order valence-corrected chi connectivity index (χ1v) is 10.5. The van der Waals surface area contributed by atoms with E-state index in [-0.39, 0.29) is 11.0 Å². The van der Waals surface area contributed by atoms with Crippen LogP contribution in [0.5, 0.6) is 0 Å². The molecule has 1 fully saturated rings. The van der Waals surface area contributed by atoms with E-state index in [4.69, 9.17) is 12.2 Å². The van der Waals surface area contributed by atoms with Gasteiger partial charge < -0.3 is 4.90 Å². The molecule has 27 heavy (non-hydrogen) atoms. The molecule has 0 atom stereocenters. The van der Waals surface area contributed by atoms with Gasteiger partial charge in [0.25, 0.3) is 0 Å². The molecule has 0 radical (unpaired) electrons. The minimum absolute atomic E-state index is 0.00271. The fraction of sp³-hybridized carbons (Fsp3) is 0.409. The minimum atomic E-state index is 0.00271. The summed E-state index contributed by atoms with van der Waals surface area (Å²) in [6.07, 6.45) is 3.98. The van der Waals surface area contributed by atoms with Gasteiger partial charge in [-0.3, -0.25) is 0 Å². The van der Waals surface area contributed by atoms with Crippen LogP contribution in [0.4, 0.5) is 0 Å². The summed E-state index contributed by atoms with van der Waals surface area (Å²) in [5, 5.41) is 19.1. The van der Waals surface area contributed by atoms with E-state index in [0.717, 1.165) is 39.7 Å². The summed E-state index contributed by atoms with van der Waals surface area (Å²) in [6.45, 7) is 6.46. The van der Waals surface area contributed by atoms with E-state index in [1.807, 2.05) is 30.3 Å². The van der Waals surface area contributed by atoms with Gasteiger partial charge in [-0.05, 0) is 48.8 Å².